The van der Waals surface area contributed by atoms with Gasteiger partial charge in [0, 0.05) is 30.9 Å². The highest BCUT2D eigenvalue weighted by atomic mass is 16.5. The van der Waals surface area contributed by atoms with Crippen molar-refractivity contribution in [1.82, 2.24) is 30.3 Å². The van der Waals surface area contributed by atoms with E-state index in [-0.39, 0.29) is 0 Å². The predicted octanol–water partition coefficient (Wildman–Crippen LogP) is 2.88. The van der Waals surface area contributed by atoms with Gasteiger partial charge in [-0.25, -0.2) is 4.68 Å². The largest absolute Gasteiger partial charge is 0.495 e. The van der Waals surface area contributed by atoms with E-state index in [4.69, 9.17) is 14.5 Å². The Labute approximate surface area is 205 Å². The van der Waals surface area contributed by atoms with Gasteiger partial charge >= 0.3 is 0 Å². The molecule has 0 amide bonds. The van der Waals surface area contributed by atoms with Gasteiger partial charge in [-0.05, 0) is 56.3 Å². The van der Waals surface area contributed by atoms with Gasteiger partial charge in [-0.2, -0.15) is 0 Å². The molecule has 1 aliphatic carbocycles. The van der Waals surface area contributed by atoms with E-state index in [0.29, 0.717) is 25.0 Å². The highest BCUT2D eigenvalue weighted by Crippen LogP contribution is 2.34. The third-order valence-corrected chi connectivity index (χ3v) is 7.79. The molecule has 0 aromatic carbocycles. The van der Waals surface area contributed by atoms with Gasteiger partial charge in [0.1, 0.15) is 11.4 Å². The van der Waals surface area contributed by atoms with Crippen LogP contribution in [0.2, 0.25) is 0 Å². The number of ether oxygens (including phenoxy) is 2. The van der Waals surface area contributed by atoms with Crippen molar-refractivity contribution >= 4 is 5.69 Å². The van der Waals surface area contributed by atoms with E-state index in [2.05, 4.69) is 37.6 Å². The number of nitrogens with zero attached hydrogens (tertiary/aromatic N) is 6. The molecule has 2 aliphatic heterocycles. The summed E-state index contributed by atoms with van der Waals surface area (Å²) in [6.07, 6.45) is 14.0. The number of piperidine rings is 1. The smallest absolute Gasteiger partial charge is 0.152 e. The summed E-state index contributed by atoms with van der Waals surface area (Å²) in [5.74, 6) is 1.58. The molecule has 3 aromatic rings. The van der Waals surface area contributed by atoms with Crippen LogP contribution in [0.3, 0.4) is 0 Å². The normalized spacial score (nSPS) is 21.9. The lowest BCUT2D eigenvalue weighted by Gasteiger charge is -2.41. The summed E-state index contributed by atoms with van der Waals surface area (Å²) in [6.45, 7) is 4.34. The molecule has 0 radical (unpaired) electrons. The van der Waals surface area contributed by atoms with Crippen molar-refractivity contribution in [2.45, 2.75) is 43.7 Å². The fraction of sp³-hybridized carbons (Fsp3) is 0.538. The Morgan fingerprint density at radius 2 is 2.06 bits per heavy atom. The van der Waals surface area contributed by atoms with Crippen molar-refractivity contribution in [3.63, 3.8) is 0 Å². The van der Waals surface area contributed by atoms with E-state index in [1.54, 1.807) is 19.5 Å². The molecule has 3 fully saturated rings. The summed E-state index contributed by atoms with van der Waals surface area (Å²) in [7, 11) is 1.63. The Morgan fingerprint density at radius 3 is 2.77 bits per heavy atom. The Balaban J connectivity index is 1.16. The van der Waals surface area contributed by atoms with Gasteiger partial charge in [0.15, 0.2) is 5.54 Å². The Bertz CT molecular complexity index is 1140. The molecule has 2 saturated heterocycles. The zero-order chi connectivity index (χ0) is 23.7. The van der Waals surface area contributed by atoms with Crippen molar-refractivity contribution in [2.24, 2.45) is 5.92 Å². The molecular weight excluding hydrogens is 442 g/mol. The molecule has 1 atom stereocenters. The molecule has 9 heteroatoms. The highest BCUT2D eigenvalue weighted by Gasteiger charge is 2.45. The van der Waals surface area contributed by atoms with Crippen molar-refractivity contribution in [2.75, 3.05) is 44.9 Å². The fourth-order valence-electron chi connectivity index (χ4n) is 5.23. The maximum Gasteiger partial charge on any atom is 0.152 e. The van der Waals surface area contributed by atoms with Gasteiger partial charge in [0.2, 0.25) is 0 Å². The predicted molar refractivity (Wildman–Crippen MR) is 133 cm³/mol. The monoisotopic (exact) mass is 475 g/mol. The lowest BCUT2D eigenvalue weighted by atomic mass is 9.85. The van der Waals surface area contributed by atoms with Crippen LogP contribution in [0.5, 0.6) is 5.75 Å². The Morgan fingerprint density at radius 1 is 1.14 bits per heavy atom. The minimum atomic E-state index is -0.440. The summed E-state index contributed by atoms with van der Waals surface area (Å²) in [5.41, 5.74) is 3.29. The Kier molecular flexibility index (Phi) is 6.12. The van der Waals surface area contributed by atoms with Crippen molar-refractivity contribution in [3.05, 3.63) is 48.7 Å². The molecule has 184 valence electrons. The third-order valence-electron chi connectivity index (χ3n) is 7.79. The van der Waals surface area contributed by atoms with Crippen LogP contribution < -0.4 is 15.0 Å². The maximum atomic E-state index is 5.64. The van der Waals surface area contributed by atoms with Gasteiger partial charge in [-0.3, -0.25) is 9.97 Å². The molecule has 5 heterocycles. The van der Waals surface area contributed by atoms with E-state index in [1.807, 2.05) is 23.1 Å². The van der Waals surface area contributed by atoms with Crippen LogP contribution in [0.1, 0.15) is 37.8 Å². The van der Waals surface area contributed by atoms with Gasteiger partial charge in [-0.15, -0.1) is 5.10 Å². The third kappa shape index (κ3) is 4.38. The number of methoxy groups -OCH3 is 1. The number of pyridine rings is 2. The summed E-state index contributed by atoms with van der Waals surface area (Å²) < 4.78 is 12.8. The number of rotatable bonds is 8. The Hall–Kier alpha value is -3.04. The van der Waals surface area contributed by atoms with Crippen LogP contribution in [0.25, 0.3) is 11.3 Å². The maximum absolute atomic E-state index is 5.64. The van der Waals surface area contributed by atoms with Gasteiger partial charge < -0.3 is 19.7 Å². The summed E-state index contributed by atoms with van der Waals surface area (Å²) >= 11 is 0. The second-order valence-electron chi connectivity index (χ2n) is 10.1. The zero-order valence-corrected chi connectivity index (χ0v) is 20.3. The van der Waals surface area contributed by atoms with E-state index in [9.17, 15) is 0 Å². The first-order chi connectivity index (χ1) is 17.2. The van der Waals surface area contributed by atoms with Crippen LogP contribution in [-0.2, 0) is 10.3 Å². The fourth-order valence-corrected chi connectivity index (χ4v) is 5.23. The quantitative estimate of drug-likeness (QED) is 0.532. The molecule has 1 saturated carbocycles. The molecule has 35 heavy (non-hydrogen) atoms. The van der Waals surface area contributed by atoms with Crippen LogP contribution in [0.4, 0.5) is 5.69 Å². The van der Waals surface area contributed by atoms with E-state index in [0.717, 1.165) is 36.0 Å². The molecule has 6 rings (SSSR count). The number of hydrogen-bond donors (Lipinski definition) is 1. The number of aromatic nitrogens is 5. The topological polar surface area (TPSA) is 90.2 Å². The highest BCUT2D eigenvalue weighted by molar-refractivity contribution is 5.58. The molecule has 0 bridgehead atoms. The summed E-state index contributed by atoms with van der Waals surface area (Å²) in [6, 6.07) is 6.79. The van der Waals surface area contributed by atoms with Crippen LogP contribution in [0.15, 0.2) is 43.0 Å². The van der Waals surface area contributed by atoms with Gasteiger partial charge in [0.05, 0.1) is 50.3 Å². The first kappa shape index (κ1) is 22.4. The number of anilines is 1. The molecule has 9 nitrogen and oxygen atoms in total. The molecule has 1 unspecified atom stereocenters. The van der Waals surface area contributed by atoms with Crippen molar-refractivity contribution in [3.8, 4) is 17.0 Å². The van der Waals surface area contributed by atoms with E-state index < -0.39 is 5.54 Å². The number of hydrogen-bond acceptors (Lipinski definition) is 8. The van der Waals surface area contributed by atoms with Crippen LogP contribution in [0, 0.1) is 5.92 Å². The minimum Gasteiger partial charge on any atom is -0.495 e. The molecule has 1 N–H and O–H groups in total. The average Bonchev–Trinajstić information content (AvgIpc) is 3.33. The van der Waals surface area contributed by atoms with Crippen molar-refractivity contribution < 1.29 is 9.47 Å². The van der Waals surface area contributed by atoms with Gasteiger partial charge in [-0.1, -0.05) is 11.6 Å². The second kappa shape index (κ2) is 9.54. The van der Waals surface area contributed by atoms with Crippen LogP contribution >= 0.6 is 0 Å². The van der Waals surface area contributed by atoms with Crippen molar-refractivity contribution in [1.29, 1.82) is 0 Å². The lowest BCUT2D eigenvalue weighted by Crippen LogP contribution is -2.53. The first-order valence-electron chi connectivity index (χ1n) is 12.7. The van der Waals surface area contributed by atoms with E-state index in [1.165, 1.54) is 44.3 Å². The molecular formula is C26H33N7O2. The van der Waals surface area contributed by atoms with Crippen LogP contribution in [-0.4, -0.2) is 71.0 Å². The SMILES string of the molecule is COc1cncc(-c2cn(C3(c4ccc(N5CCCC(NCC6CCC6)C5)cn4)COC3)nn2)c1. The second-order valence-corrected chi connectivity index (χ2v) is 10.1. The summed E-state index contributed by atoms with van der Waals surface area (Å²) in [5, 5.41) is 12.7. The minimum absolute atomic E-state index is 0.440. The number of nitrogens with one attached hydrogen (secondary N) is 1. The molecule has 0 spiro atoms. The first-order valence-corrected chi connectivity index (χ1v) is 12.7. The average molecular weight is 476 g/mol. The summed E-state index contributed by atoms with van der Waals surface area (Å²) in [4.78, 5) is 11.6. The molecule has 3 aromatic heterocycles. The molecule has 3 aliphatic rings. The zero-order valence-electron chi connectivity index (χ0n) is 20.3. The van der Waals surface area contributed by atoms with Gasteiger partial charge in [0.25, 0.3) is 0 Å². The van der Waals surface area contributed by atoms with E-state index >= 15 is 0 Å². The standard InChI is InChI=1S/C26H33N7O2/c1-34-23-10-20(12-27-14-23)24-16-33(31-30-24)26(17-35-18-26)25-8-7-22(13-29-25)32-9-3-6-21(15-32)28-11-19-4-2-5-19/h7-8,10,12-14,16,19,21,28H,2-6,9,11,15,17-18H2,1H3. The lowest BCUT2D eigenvalue weighted by molar-refractivity contribution is -0.0851.